The summed E-state index contributed by atoms with van der Waals surface area (Å²) in [5, 5.41) is 3.18. The van der Waals surface area contributed by atoms with E-state index in [9.17, 15) is 4.79 Å². The molecule has 0 aromatic heterocycles. The summed E-state index contributed by atoms with van der Waals surface area (Å²) in [6.45, 7) is 0. The van der Waals surface area contributed by atoms with Crippen LogP contribution in [-0.2, 0) is 4.79 Å². The minimum Gasteiger partial charge on any atom is -0.353 e. The van der Waals surface area contributed by atoms with Crippen LogP contribution in [0, 0.1) is 5.92 Å². The highest BCUT2D eigenvalue weighted by Gasteiger charge is 2.26. The molecule has 2 aliphatic carbocycles. The first-order valence-electron chi connectivity index (χ1n) is 6.31. The molecule has 15 heavy (non-hydrogen) atoms. The van der Waals surface area contributed by atoms with Crippen molar-refractivity contribution in [3.63, 3.8) is 0 Å². The second-order valence-corrected chi connectivity index (χ2v) is 5.10. The lowest BCUT2D eigenvalue weighted by Crippen LogP contribution is -2.40. The maximum atomic E-state index is 11.9. The Bertz CT molecular complexity index is 216. The molecule has 0 aromatic carbocycles. The van der Waals surface area contributed by atoms with Crippen molar-refractivity contribution in [1.82, 2.24) is 5.32 Å². The summed E-state index contributed by atoms with van der Waals surface area (Å²) in [4.78, 5) is 11.9. The van der Waals surface area contributed by atoms with Crippen LogP contribution in [-0.4, -0.2) is 18.0 Å². The number of carbonyl (C=O) groups is 1. The predicted molar refractivity (Wildman–Crippen MR) is 60.3 cm³/mol. The number of nitrogens with one attached hydrogen (secondary N) is 1. The summed E-state index contributed by atoms with van der Waals surface area (Å²) in [6, 6.07) is 0.800. The summed E-state index contributed by atoms with van der Waals surface area (Å²) in [6.07, 6.45) is 8.92. The highest BCUT2D eigenvalue weighted by molar-refractivity contribution is 5.79. The second-order valence-electron chi connectivity index (χ2n) is 5.10. The van der Waals surface area contributed by atoms with Gasteiger partial charge in [-0.15, -0.1) is 0 Å². The Hall–Kier alpha value is -0.570. The van der Waals surface area contributed by atoms with Crippen LogP contribution >= 0.6 is 0 Å². The number of carbonyl (C=O) groups excluding carboxylic acids is 1. The van der Waals surface area contributed by atoms with Crippen LogP contribution in [0.15, 0.2) is 0 Å². The van der Waals surface area contributed by atoms with Gasteiger partial charge < -0.3 is 11.1 Å². The van der Waals surface area contributed by atoms with Crippen molar-refractivity contribution in [1.29, 1.82) is 0 Å². The third-order valence-corrected chi connectivity index (χ3v) is 3.84. The smallest absolute Gasteiger partial charge is 0.223 e. The molecule has 0 aromatic rings. The van der Waals surface area contributed by atoms with Gasteiger partial charge in [-0.05, 0) is 38.5 Å². The summed E-state index contributed by atoms with van der Waals surface area (Å²) < 4.78 is 0. The molecule has 0 atom stereocenters. The predicted octanol–water partition coefficient (Wildman–Crippen LogP) is 1.56. The lowest BCUT2D eigenvalue weighted by molar-refractivity contribution is -0.126. The number of hydrogen-bond donors (Lipinski definition) is 2. The van der Waals surface area contributed by atoms with E-state index in [1.54, 1.807) is 0 Å². The molecule has 2 saturated carbocycles. The average molecular weight is 210 g/mol. The Morgan fingerprint density at radius 3 is 2.20 bits per heavy atom. The van der Waals surface area contributed by atoms with Gasteiger partial charge in [-0.3, -0.25) is 4.79 Å². The number of nitrogens with two attached hydrogens (primary N) is 1. The zero-order chi connectivity index (χ0) is 10.7. The molecule has 0 spiro atoms. The van der Waals surface area contributed by atoms with Gasteiger partial charge in [0.25, 0.3) is 0 Å². The number of hydrogen-bond acceptors (Lipinski definition) is 2. The Kier molecular flexibility index (Phi) is 3.62. The van der Waals surface area contributed by atoms with Crippen LogP contribution in [0.5, 0.6) is 0 Å². The minimum absolute atomic E-state index is 0.241. The van der Waals surface area contributed by atoms with Gasteiger partial charge in [0.15, 0.2) is 0 Å². The van der Waals surface area contributed by atoms with E-state index in [0.717, 1.165) is 25.7 Å². The van der Waals surface area contributed by atoms with E-state index in [2.05, 4.69) is 5.32 Å². The molecule has 0 bridgehead atoms. The fourth-order valence-electron chi connectivity index (χ4n) is 2.77. The van der Waals surface area contributed by atoms with Crippen molar-refractivity contribution >= 4 is 5.91 Å². The first-order chi connectivity index (χ1) is 7.25. The molecule has 3 N–H and O–H groups in total. The summed E-state index contributed by atoms with van der Waals surface area (Å²) >= 11 is 0. The van der Waals surface area contributed by atoms with E-state index in [4.69, 9.17) is 5.73 Å². The molecule has 3 nitrogen and oxygen atoms in total. The highest BCUT2D eigenvalue weighted by atomic mass is 16.1. The van der Waals surface area contributed by atoms with Crippen molar-refractivity contribution in [2.24, 2.45) is 11.7 Å². The van der Waals surface area contributed by atoms with E-state index in [1.807, 2.05) is 0 Å². The van der Waals surface area contributed by atoms with E-state index in [-0.39, 0.29) is 11.8 Å². The van der Waals surface area contributed by atoms with Gasteiger partial charge in [-0.2, -0.15) is 0 Å². The van der Waals surface area contributed by atoms with Crippen molar-refractivity contribution in [2.75, 3.05) is 0 Å². The number of rotatable bonds is 2. The van der Waals surface area contributed by atoms with Gasteiger partial charge in [0.2, 0.25) is 5.91 Å². The first kappa shape index (κ1) is 10.9. The van der Waals surface area contributed by atoms with Crippen LogP contribution in [0.4, 0.5) is 0 Å². The molecular weight excluding hydrogens is 188 g/mol. The minimum atomic E-state index is 0.241. The fraction of sp³-hybridized carbons (Fsp3) is 0.917. The van der Waals surface area contributed by atoms with Gasteiger partial charge in [-0.1, -0.05) is 12.8 Å². The maximum absolute atomic E-state index is 11.9. The van der Waals surface area contributed by atoms with Crippen molar-refractivity contribution < 1.29 is 4.79 Å². The van der Waals surface area contributed by atoms with Crippen molar-refractivity contribution in [3.8, 4) is 0 Å². The first-order valence-corrected chi connectivity index (χ1v) is 6.31. The summed E-state index contributed by atoms with van der Waals surface area (Å²) in [7, 11) is 0. The Balaban J connectivity index is 1.75. The molecule has 86 valence electrons. The zero-order valence-corrected chi connectivity index (χ0v) is 9.37. The largest absolute Gasteiger partial charge is 0.353 e. The standard InChI is InChI=1S/C12H22N2O/c13-10-7-5-9(6-8-10)12(15)14-11-3-1-2-4-11/h9-11H,1-8,13H2,(H,14,15). The molecule has 0 saturated heterocycles. The van der Waals surface area contributed by atoms with E-state index in [1.165, 1.54) is 25.7 Å². The molecule has 2 aliphatic rings. The second kappa shape index (κ2) is 4.97. The molecule has 0 radical (unpaired) electrons. The van der Waals surface area contributed by atoms with Crippen LogP contribution < -0.4 is 11.1 Å². The van der Waals surface area contributed by atoms with Gasteiger partial charge in [0.05, 0.1) is 0 Å². The molecule has 0 unspecified atom stereocenters. The van der Waals surface area contributed by atoms with E-state index >= 15 is 0 Å². The zero-order valence-electron chi connectivity index (χ0n) is 9.37. The van der Waals surface area contributed by atoms with Crippen LogP contribution in [0.2, 0.25) is 0 Å². The quantitative estimate of drug-likeness (QED) is 0.726. The SMILES string of the molecule is NC1CCC(C(=O)NC2CCCC2)CC1. The molecule has 0 heterocycles. The van der Waals surface area contributed by atoms with Gasteiger partial charge in [0, 0.05) is 18.0 Å². The molecule has 2 rings (SSSR count). The van der Waals surface area contributed by atoms with Gasteiger partial charge >= 0.3 is 0 Å². The van der Waals surface area contributed by atoms with Crippen LogP contribution in [0.3, 0.4) is 0 Å². The number of amides is 1. The third-order valence-electron chi connectivity index (χ3n) is 3.84. The summed E-state index contributed by atoms with van der Waals surface area (Å²) in [5.41, 5.74) is 5.83. The van der Waals surface area contributed by atoms with E-state index < -0.39 is 0 Å². The third kappa shape index (κ3) is 2.94. The summed E-state index contributed by atoms with van der Waals surface area (Å²) in [5.74, 6) is 0.527. The van der Waals surface area contributed by atoms with Crippen LogP contribution in [0.25, 0.3) is 0 Å². The van der Waals surface area contributed by atoms with Crippen molar-refractivity contribution in [3.05, 3.63) is 0 Å². The molecule has 2 fully saturated rings. The maximum Gasteiger partial charge on any atom is 0.223 e. The lowest BCUT2D eigenvalue weighted by Gasteiger charge is -2.26. The lowest BCUT2D eigenvalue weighted by atomic mass is 9.86. The molecular formula is C12H22N2O. The van der Waals surface area contributed by atoms with Gasteiger partial charge in [-0.25, -0.2) is 0 Å². The average Bonchev–Trinajstić information content (AvgIpc) is 2.71. The van der Waals surface area contributed by atoms with Gasteiger partial charge in [0.1, 0.15) is 0 Å². The Morgan fingerprint density at radius 2 is 1.60 bits per heavy atom. The molecule has 3 heteroatoms. The Morgan fingerprint density at radius 1 is 1.00 bits per heavy atom. The molecule has 0 aliphatic heterocycles. The fourth-order valence-corrected chi connectivity index (χ4v) is 2.77. The normalized spacial score (nSPS) is 32.9. The monoisotopic (exact) mass is 210 g/mol. The van der Waals surface area contributed by atoms with Crippen LogP contribution in [0.1, 0.15) is 51.4 Å². The van der Waals surface area contributed by atoms with E-state index in [0.29, 0.717) is 12.1 Å². The van der Waals surface area contributed by atoms with Crippen molar-refractivity contribution in [2.45, 2.75) is 63.5 Å². The highest BCUT2D eigenvalue weighted by Crippen LogP contribution is 2.24. The topological polar surface area (TPSA) is 55.1 Å². The molecule has 1 amide bonds. The Labute approximate surface area is 91.8 Å².